The molecule has 0 radical (unpaired) electrons. The zero-order chi connectivity index (χ0) is 12.5. The van der Waals surface area contributed by atoms with Crippen LogP contribution in [0.1, 0.15) is 5.56 Å². The molecule has 0 saturated heterocycles. The van der Waals surface area contributed by atoms with Gasteiger partial charge in [-0.3, -0.25) is 0 Å². The third kappa shape index (κ3) is 4.81. The summed E-state index contributed by atoms with van der Waals surface area (Å²) in [6.45, 7) is 2.20. The highest BCUT2D eigenvalue weighted by atomic mass is 19.1. The molecule has 0 aromatic heterocycles. The molecule has 17 heavy (non-hydrogen) atoms. The third-order valence-electron chi connectivity index (χ3n) is 2.10. The number of halogens is 1. The zero-order valence-corrected chi connectivity index (χ0v) is 9.70. The van der Waals surface area contributed by atoms with Crippen LogP contribution in [-0.2, 0) is 9.47 Å². The Morgan fingerprint density at radius 2 is 2.18 bits per heavy atom. The Balaban J connectivity index is 2.28. The van der Waals surface area contributed by atoms with Crippen LogP contribution in [0, 0.1) is 17.1 Å². The van der Waals surface area contributed by atoms with E-state index in [0.29, 0.717) is 32.1 Å². The molecule has 1 aromatic rings. The lowest BCUT2D eigenvalue weighted by Crippen LogP contribution is -2.12. The second-order valence-corrected chi connectivity index (χ2v) is 3.34. The summed E-state index contributed by atoms with van der Waals surface area (Å²) in [7, 11) is 1.61. The van der Waals surface area contributed by atoms with Crippen molar-refractivity contribution in [1.29, 1.82) is 5.26 Å². The number of nitriles is 1. The molecule has 0 atom stereocenters. The van der Waals surface area contributed by atoms with Crippen LogP contribution in [0.2, 0.25) is 0 Å². The molecule has 0 spiro atoms. The first-order chi connectivity index (χ1) is 8.27. The van der Waals surface area contributed by atoms with Gasteiger partial charge < -0.3 is 14.8 Å². The molecule has 0 heterocycles. The average molecular weight is 238 g/mol. The van der Waals surface area contributed by atoms with Crippen molar-refractivity contribution < 1.29 is 13.9 Å². The van der Waals surface area contributed by atoms with Gasteiger partial charge in [-0.05, 0) is 18.2 Å². The zero-order valence-electron chi connectivity index (χ0n) is 9.70. The fourth-order valence-corrected chi connectivity index (χ4v) is 1.23. The van der Waals surface area contributed by atoms with E-state index in [-0.39, 0.29) is 5.56 Å². The predicted molar refractivity (Wildman–Crippen MR) is 62.3 cm³/mol. The number of hydrogen-bond acceptors (Lipinski definition) is 4. The van der Waals surface area contributed by atoms with E-state index in [1.807, 2.05) is 0 Å². The largest absolute Gasteiger partial charge is 0.383 e. The summed E-state index contributed by atoms with van der Waals surface area (Å²) in [6, 6.07) is 6.18. The Labute approximate surface area is 100.0 Å². The smallest absolute Gasteiger partial charge is 0.143 e. The van der Waals surface area contributed by atoms with Gasteiger partial charge in [-0.2, -0.15) is 5.26 Å². The first-order valence-electron chi connectivity index (χ1n) is 5.28. The van der Waals surface area contributed by atoms with Gasteiger partial charge in [0.25, 0.3) is 0 Å². The summed E-state index contributed by atoms with van der Waals surface area (Å²) in [5.41, 5.74) is 0.684. The Morgan fingerprint density at radius 1 is 1.35 bits per heavy atom. The summed E-state index contributed by atoms with van der Waals surface area (Å²) in [5.74, 6) is -0.516. The number of methoxy groups -OCH3 is 1. The number of anilines is 1. The van der Waals surface area contributed by atoms with Gasteiger partial charge in [-0.1, -0.05) is 0 Å². The van der Waals surface area contributed by atoms with E-state index >= 15 is 0 Å². The van der Waals surface area contributed by atoms with Gasteiger partial charge in [-0.25, -0.2) is 4.39 Å². The van der Waals surface area contributed by atoms with Gasteiger partial charge in [0.2, 0.25) is 0 Å². The van der Waals surface area contributed by atoms with Crippen LogP contribution >= 0.6 is 0 Å². The second-order valence-electron chi connectivity index (χ2n) is 3.34. The number of nitrogens with one attached hydrogen (secondary N) is 1. The van der Waals surface area contributed by atoms with Crippen LogP contribution in [0.3, 0.4) is 0 Å². The van der Waals surface area contributed by atoms with Crippen molar-refractivity contribution >= 4 is 5.69 Å². The number of nitrogens with zero attached hydrogens (tertiary/aromatic N) is 1. The number of rotatable bonds is 7. The molecular formula is C12H15FN2O2. The molecule has 1 N–H and O–H groups in total. The molecular weight excluding hydrogens is 223 g/mol. The van der Waals surface area contributed by atoms with E-state index in [1.165, 1.54) is 12.1 Å². The van der Waals surface area contributed by atoms with Crippen LogP contribution in [0.4, 0.5) is 10.1 Å². The van der Waals surface area contributed by atoms with E-state index < -0.39 is 5.82 Å². The molecule has 0 bridgehead atoms. The lowest BCUT2D eigenvalue weighted by atomic mass is 10.2. The standard InChI is InChI=1S/C12H15FN2O2/c1-16-6-7-17-5-4-15-11-3-2-10(9-14)12(13)8-11/h2-3,8,15H,4-7H2,1H3. The van der Waals surface area contributed by atoms with E-state index in [0.717, 1.165) is 0 Å². The summed E-state index contributed by atoms with van der Waals surface area (Å²) in [6.07, 6.45) is 0. The van der Waals surface area contributed by atoms with Gasteiger partial charge >= 0.3 is 0 Å². The highest BCUT2D eigenvalue weighted by Gasteiger charge is 2.01. The fraction of sp³-hybridized carbons (Fsp3) is 0.417. The maximum absolute atomic E-state index is 13.2. The molecule has 0 aliphatic carbocycles. The maximum atomic E-state index is 13.2. The Morgan fingerprint density at radius 3 is 2.82 bits per heavy atom. The first kappa shape index (κ1) is 13.4. The molecule has 0 aliphatic heterocycles. The highest BCUT2D eigenvalue weighted by molar-refractivity contribution is 5.48. The van der Waals surface area contributed by atoms with Crippen LogP contribution in [0.5, 0.6) is 0 Å². The normalized spacial score (nSPS) is 9.94. The minimum atomic E-state index is -0.516. The van der Waals surface area contributed by atoms with Crippen LogP contribution in [-0.4, -0.2) is 33.5 Å². The molecule has 0 unspecified atom stereocenters. The van der Waals surface area contributed by atoms with Crippen LogP contribution < -0.4 is 5.32 Å². The summed E-state index contributed by atoms with van der Waals surface area (Å²) in [4.78, 5) is 0. The molecule has 0 fully saturated rings. The van der Waals surface area contributed by atoms with Crippen LogP contribution in [0.25, 0.3) is 0 Å². The molecule has 0 saturated carbocycles. The molecule has 4 nitrogen and oxygen atoms in total. The van der Waals surface area contributed by atoms with Crippen molar-refractivity contribution in [2.24, 2.45) is 0 Å². The van der Waals surface area contributed by atoms with Gasteiger partial charge in [-0.15, -0.1) is 0 Å². The summed E-state index contributed by atoms with van der Waals surface area (Å²) in [5, 5.41) is 11.6. The van der Waals surface area contributed by atoms with Crippen molar-refractivity contribution in [3.8, 4) is 6.07 Å². The van der Waals surface area contributed by atoms with E-state index in [9.17, 15) is 4.39 Å². The topological polar surface area (TPSA) is 54.3 Å². The van der Waals surface area contributed by atoms with Crippen LogP contribution in [0.15, 0.2) is 18.2 Å². The summed E-state index contributed by atoms with van der Waals surface area (Å²) >= 11 is 0. The van der Waals surface area contributed by atoms with E-state index in [4.69, 9.17) is 14.7 Å². The Bertz CT molecular complexity index is 391. The Hall–Kier alpha value is -1.64. The quantitative estimate of drug-likeness (QED) is 0.735. The van der Waals surface area contributed by atoms with Gasteiger partial charge in [0.15, 0.2) is 0 Å². The average Bonchev–Trinajstić information content (AvgIpc) is 2.34. The minimum Gasteiger partial charge on any atom is -0.383 e. The molecule has 92 valence electrons. The number of benzene rings is 1. The monoisotopic (exact) mass is 238 g/mol. The summed E-state index contributed by atoms with van der Waals surface area (Å²) < 4.78 is 23.3. The van der Waals surface area contributed by atoms with Crippen molar-refractivity contribution in [3.05, 3.63) is 29.6 Å². The van der Waals surface area contributed by atoms with Crippen molar-refractivity contribution in [3.63, 3.8) is 0 Å². The van der Waals surface area contributed by atoms with E-state index in [1.54, 1.807) is 19.2 Å². The third-order valence-corrected chi connectivity index (χ3v) is 2.10. The number of ether oxygens (including phenoxy) is 2. The van der Waals surface area contributed by atoms with Crippen molar-refractivity contribution in [2.45, 2.75) is 0 Å². The van der Waals surface area contributed by atoms with Gasteiger partial charge in [0.05, 0.1) is 25.4 Å². The maximum Gasteiger partial charge on any atom is 0.143 e. The predicted octanol–water partition coefficient (Wildman–Crippen LogP) is 1.77. The van der Waals surface area contributed by atoms with Gasteiger partial charge in [0, 0.05) is 19.3 Å². The minimum absolute atomic E-state index is 0.0481. The lowest BCUT2D eigenvalue weighted by Gasteiger charge is -2.07. The van der Waals surface area contributed by atoms with Gasteiger partial charge in [0.1, 0.15) is 11.9 Å². The highest BCUT2D eigenvalue weighted by Crippen LogP contribution is 2.13. The molecule has 1 aromatic carbocycles. The fourth-order valence-electron chi connectivity index (χ4n) is 1.23. The van der Waals surface area contributed by atoms with E-state index in [2.05, 4.69) is 5.32 Å². The van der Waals surface area contributed by atoms with Crippen molar-refractivity contribution in [2.75, 3.05) is 38.8 Å². The lowest BCUT2D eigenvalue weighted by molar-refractivity contribution is 0.0759. The molecule has 1 rings (SSSR count). The SMILES string of the molecule is COCCOCCNc1ccc(C#N)c(F)c1. The number of hydrogen-bond donors (Lipinski definition) is 1. The Kier molecular flexibility index (Phi) is 6.00. The molecule has 5 heteroatoms. The second kappa shape index (κ2) is 7.60. The molecule has 0 aliphatic rings. The van der Waals surface area contributed by atoms with Crippen molar-refractivity contribution in [1.82, 2.24) is 0 Å². The molecule has 0 amide bonds. The first-order valence-corrected chi connectivity index (χ1v) is 5.28.